The zero-order valence-corrected chi connectivity index (χ0v) is 23.4. The van der Waals surface area contributed by atoms with Crippen LogP contribution in [-0.4, -0.2) is 63.5 Å². The molecule has 3 atom stereocenters. The topological polar surface area (TPSA) is 97.2 Å². The molecule has 0 radical (unpaired) electrons. The number of anilines is 1. The quantitative estimate of drug-likeness (QED) is 0.307. The van der Waals surface area contributed by atoms with Crippen LogP contribution in [0.25, 0.3) is 16.9 Å². The summed E-state index contributed by atoms with van der Waals surface area (Å²) in [5.74, 6) is -0.690. The fraction of sp³-hybridized carbons (Fsp3) is 0.333. The predicted molar refractivity (Wildman–Crippen MR) is 152 cm³/mol. The molecule has 11 heteroatoms. The number of aryl methyl sites for hydroxylation is 1. The van der Waals surface area contributed by atoms with Gasteiger partial charge in [-0.1, -0.05) is 24.3 Å². The summed E-state index contributed by atoms with van der Waals surface area (Å²) in [6, 6.07) is 12.3. The second-order valence-corrected chi connectivity index (χ2v) is 10.2. The lowest BCUT2D eigenvalue weighted by molar-refractivity contribution is 0.150. The van der Waals surface area contributed by atoms with Crippen LogP contribution < -0.4 is 10.6 Å². The van der Waals surface area contributed by atoms with Gasteiger partial charge < -0.3 is 10.1 Å². The van der Waals surface area contributed by atoms with Gasteiger partial charge in [-0.2, -0.15) is 5.10 Å². The van der Waals surface area contributed by atoms with E-state index in [1.54, 1.807) is 30.3 Å². The lowest BCUT2D eigenvalue weighted by Crippen LogP contribution is -2.41. The highest BCUT2D eigenvalue weighted by Crippen LogP contribution is 2.37. The van der Waals surface area contributed by atoms with Crippen LogP contribution in [0.3, 0.4) is 0 Å². The Labute approximate surface area is 237 Å². The van der Waals surface area contributed by atoms with Gasteiger partial charge in [0.2, 0.25) is 0 Å². The zero-order chi connectivity index (χ0) is 29.1. The summed E-state index contributed by atoms with van der Waals surface area (Å²) in [6.45, 7) is 4.23. The van der Waals surface area contributed by atoms with Crippen LogP contribution >= 0.6 is 0 Å². The molecule has 1 aliphatic rings. The molecule has 3 heterocycles. The summed E-state index contributed by atoms with van der Waals surface area (Å²) in [4.78, 5) is 24.2. The van der Waals surface area contributed by atoms with Crippen LogP contribution in [0.15, 0.2) is 60.9 Å². The van der Waals surface area contributed by atoms with E-state index in [1.807, 2.05) is 51.2 Å². The molecular weight excluding hydrogens is 528 g/mol. The first-order valence-electron chi connectivity index (χ1n) is 13.4. The highest BCUT2D eigenvalue weighted by molar-refractivity contribution is 5.91. The Morgan fingerprint density at radius 3 is 2.49 bits per heavy atom. The molecule has 2 aromatic heterocycles. The Bertz CT molecular complexity index is 1510. The summed E-state index contributed by atoms with van der Waals surface area (Å²) >= 11 is 0. The third-order valence-corrected chi connectivity index (χ3v) is 7.59. The van der Waals surface area contributed by atoms with Gasteiger partial charge in [-0.05, 0) is 63.6 Å². The molecule has 4 aromatic rings. The molecule has 0 unspecified atom stereocenters. The molecule has 2 amide bonds. The van der Waals surface area contributed by atoms with Crippen LogP contribution in [-0.2, 0) is 4.74 Å². The van der Waals surface area contributed by atoms with Gasteiger partial charge >= 0.3 is 6.03 Å². The van der Waals surface area contributed by atoms with Crippen LogP contribution in [0.1, 0.15) is 35.8 Å². The molecule has 1 saturated heterocycles. The fourth-order valence-electron chi connectivity index (χ4n) is 5.48. The number of nitrogens with zero attached hydrogens (tertiary/aromatic N) is 5. The average molecular weight is 562 g/mol. The van der Waals surface area contributed by atoms with E-state index in [-0.39, 0.29) is 18.1 Å². The number of aromatic nitrogens is 4. The van der Waals surface area contributed by atoms with Crippen molar-refractivity contribution in [2.45, 2.75) is 44.8 Å². The van der Waals surface area contributed by atoms with E-state index < -0.39 is 17.7 Å². The highest BCUT2D eigenvalue weighted by Gasteiger charge is 2.40. The van der Waals surface area contributed by atoms with E-state index in [2.05, 4.69) is 25.5 Å². The number of rotatable bonds is 8. The molecule has 41 heavy (non-hydrogen) atoms. The Balaban J connectivity index is 1.45. The lowest BCUT2D eigenvalue weighted by atomic mass is 9.99. The first-order valence-corrected chi connectivity index (χ1v) is 13.4. The number of likely N-dealkylation sites (tertiary alicyclic amines) is 1. The maximum atomic E-state index is 14.2. The van der Waals surface area contributed by atoms with Crippen molar-refractivity contribution in [2.75, 3.05) is 26.1 Å². The van der Waals surface area contributed by atoms with E-state index in [0.717, 1.165) is 29.3 Å². The average Bonchev–Trinajstić information content (AvgIpc) is 3.45. The van der Waals surface area contributed by atoms with Crippen molar-refractivity contribution in [3.63, 3.8) is 0 Å². The van der Waals surface area contributed by atoms with E-state index >= 15 is 0 Å². The molecule has 0 spiro atoms. The lowest BCUT2D eigenvalue weighted by Gasteiger charge is -2.28. The Morgan fingerprint density at radius 1 is 1.07 bits per heavy atom. The van der Waals surface area contributed by atoms with Gasteiger partial charge in [0.25, 0.3) is 0 Å². The van der Waals surface area contributed by atoms with Gasteiger partial charge in [0.05, 0.1) is 17.8 Å². The minimum Gasteiger partial charge on any atom is -0.385 e. The Hall–Kier alpha value is -4.22. The zero-order valence-electron chi connectivity index (χ0n) is 23.4. The van der Waals surface area contributed by atoms with Crippen molar-refractivity contribution < 1.29 is 18.3 Å². The van der Waals surface area contributed by atoms with Gasteiger partial charge in [0, 0.05) is 43.3 Å². The summed E-state index contributed by atoms with van der Waals surface area (Å²) in [6.07, 6.45) is 4.75. The fourth-order valence-corrected chi connectivity index (χ4v) is 5.48. The Kier molecular flexibility index (Phi) is 8.36. The molecule has 9 nitrogen and oxygen atoms in total. The summed E-state index contributed by atoms with van der Waals surface area (Å²) < 4.78 is 34.9. The molecule has 0 saturated carbocycles. The number of hydrogen-bond donors (Lipinski definition) is 2. The summed E-state index contributed by atoms with van der Waals surface area (Å²) in [7, 11) is 3.57. The van der Waals surface area contributed by atoms with Gasteiger partial charge in [-0.3, -0.25) is 10.2 Å². The van der Waals surface area contributed by atoms with E-state index in [1.165, 1.54) is 6.07 Å². The largest absolute Gasteiger partial charge is 0.385 e. The number of likely N-dealkylation sites (N-methyl/N-ethyl adjacent to an activating group) is 1. The number of methoxy groups -OCH3 is 1. The monoisotopic (exact) mass is 561 g/mol. The van der Waals surface area contributed by atoms with Crippen LogP contribution in [0.2, 0.25) is 0 Å². The highest BCUT2D eigenvalue weighted by atomic mass is 19.2. The second kappa shape index (κ2) is 12.1. The van der Waals surface area contributed by atoms with E-state index in [0.29, 0.717) is 35.9 Å². The van der Waals surface area contributed by atoms with E-state index in [9.17, 15) is 13.6 Å². The molecule has 1 fully saturated rings. The van der Waals surface area contributed by atoms with Crippen molar-refractivity contribution in [3.05, 3.63) is 89.5 Å². The number of hydrogen-bond acceptors (Lipinski definition) is 6. The smallest absolute Gasteiger partial charge is 0.320 e. The summed E-state index contributed by atoms with van der Waals surface area (Å²) in [5, 5.41) is 10.9. The number of benzene rings is 2. The predicted octanol–water partition coefficient (Wildman–Crippen LogP) is 5.20. The molecule has 2 aromatic carbocycles. The SMILES string of the molecule is COCC[C@@H]1C[C@@H](NC(=O)Nc2c(C)c(-c3cnc(C)nc3)nn2-c2ccccc2)[C@H](c2ccc(F)c(F)c2)N1C. The van der Waals surface area contributed by atoms with Crippen molar-refractivity contribution in [1.82, 2.24) is 30.0 Å². The molecule has 2 N–H and O–H groups in total. The van der Waals surface area contributed by atoms with Crippen LogP contribution in [0, 0.1) is 25.5 Å². The third kappa shape index (κ3) is 5.96. The summed E-state index contributed by atoms with van der Waals surface area (Å²) in [5.41, 5.74) is 3.47. The number of ether oxygens (including phenoxy) is 1. The van der Waals surface area contributed by atoms with Gasteiger partial charge in [-0.15, -0.1) is 0 Å². The first kappa shape index (κ1) is 28.3. The van der Waals surface area contributed by atoms with Crippen molar-refractivity contribution in [3.8, 4) is 16.9 Å². The number of carbonyl (C=O) groups excluding carboxylic acids is 1. The van der Waals surface area contributed by atoms with Crippen LogP contribution in [0.4, 0.5) is 19.4 Å². The maximum absolute atomic E-state index is 14.2. The van der Waals surface area contributed by atoms with Crippen molar-refractivity contribution in [1.29, 1.82) is 0 Å². The normalized spacial score (nSPS) is 18.9. The van der Waals surface area contributed by atoms with Crippen molar-refractivity contribution in [2.24, 2.45) is 0 Å². The maximum Gasteiger partial charge on any atom is 0.320 e. The second-order valence-electron chi connectivity index (χ2n) is 10.2. The molecule has 1 aliphatic heterocycles. The molecule has 0 bridgehead atoms. The minimum absolute atomic E-state index is 0.0723. The number of para-hydroxylation sites is 1. The van der Waals surface area contributed by atoms with Gasteiger partial charge in [-0.25, -0.2) is 28.2 Å². The molecular formula is C30H33F2N7O2. The van der Waals surface area contributed by atoms with Gasteiger partial charge in [0.15, 0.2) is 11.6 Å². The van der Waals surface area contributed by atoms with E-state index in [4.69, 9.17) is 9.84 Å². The number of urea groups is 1. The minimum atomic E-state index is -0.922. The number of halogens is 2. The molecule has 5 rings (SSSR count). The number of amides is 2. The number of carbonyl (C=O) groups is 1. The molecule has 214 valence electrons. The third-order valence-electron chi connectivity index (χ3n) is 7.59. The van der Waals surface area contributed by atoms with Crippen LogP contribution in [0.5, 0.6) is 0 Å². The Morgan fingerprint density at radius 2 is 1.80 bits per heavy atom. The standard InChI is InChI=1S/C30H33F2N7O2/c1-18-27(21-16-33-19(2)34-17-21)37-39(22-8-6-5-7-9-22)29(18)36-30(40)35-26-15-23(12-13-41-4)38(3)28(26)20-10-11-24(31)25(32)14-20/h5-11,14,16-17,23,26,28H,12-13,15H2,1-4H3,(H2,35,36,40)/t23-,26-,28+/m1/s1. The molecule has 0 aliphatic carbocycles. The number of nitrogens with one attached hydrogen (secondary N) is 2. The van der Waals surface area contributed by atoms with Crippen molar-refractivity contribution >= 4 is 11.8 Å². The van der Waals surface area contributed by atoms with Gasteiger partial charge in [0.1, 0.15) is 17.3 Å². The first-order chi connectivity index (χ1) is 19.8.